The van der Waals surface area contributed by atoms with Crippen LogP contribution in [0.5, 0.6) is 5.75 Å². The van der Waals surface area contributed by atoms with Gasteiger partial charge in [-0.05, 0) is 31.2 Å². The lowest BCUT2D eigenvalue weighted by Crippen LogP contribution is -2.46. The summed E-state index contributed by atoms with van der Waals surface area (Å²) in [5.74, 6) is 2.19. The van der Waals surface area contributed by atoms with Gasteiger partial charge in [-0.1, -0.05) is 22.9 Å². The van der Waals surface area contributed by atoms with E-state index in [0.29, 0.717) is 6.04 Å². The summed E-state index contributed by atoms with van der Waals surface area (Å²) in [5, 5.41) is 0.728. The molecule has 0 aromatic heterocycles. The van der Waals surface area contributed by atoms with Crippen LogP contribution in [0.3, 0.4) is 0 Å². The first-order valence-electron chi connectivity index (χ1n) is 6.41. The van der Waals surface area contributed by atoms with Crippen molar-refractivity contribution in [2.45, 2.75) is 25.1 Å². The average Bonchev–Trinajstić information content (AvgIpc) is 2.37. The van der Waals surface area contributed by atoms with Crippen molar-refractivity contribution in [1.82, 2.24) is 4.90 Å². The highest BCUT2D eigenvalue weighted by Gasteiger charge is 2.24. The quantitative estimate of drug-likeness (QED) is 0.836. The first-order valence-corrected chi connectivity index (χ1v) is 8.25. The normalized spacial score (nSPS) is 25.1. The molecule has 1 aliphatic rings. The van der Waals surface area contributed by atoms with Gasteiger partial charge in [-0.2, -0.15) is 11.8 Å². The summed E-state index contributed by atoms with van der Waals surface area (Å²) in [6, 6.07) is 8.68. The smallest absolute Gasteiger partial charge is 0.119 e. The fourth-order valence-corrected chi connectivity index (χ4v) is 3.55. The molecule has 0 saturated carbocycles. The van der Waals surface area contributed by atoms with Gasteiger partial charge in [0.05, 0.1) is 0 Å². The van der Waals surface area contributed by atoms with E-state index in [-0.39, 0.29) is 0 Å². The molecule has 0 bridgehead atoms. The van der Waals surface area contributed by atoms with Crippen molar-refractivity contribution in [2.24, 2.45) is 0 Å². The Kier molecular flexibility index (Phi) is 5.39. The molecule has 1 aromatic rings. The Morgan fingerprint density at radius 1 is 1.33 bits per heavy atom. The molecule has 0 N–H and O–H groups in total. The van der Waals surface area contributed by atoms with Crippen molar-refractivity contribution < 1.29 is 4.74 Å². The Balaban J connectivity index is 1.76. The molecule has 1 fully saturated rings. The number of nitrogens with zero attached hydrogens (tertiary/aromatic N) is 1. The van der Waals surface area contributed by atoms with Gasteiger partial charge in [-0.25, -0.2) is 0 Å². The first-order chi connectivity index (χ1) is 8.66. The van der Waals surface area contributed by atoms with E-state index in [1.165, 1.54) is 12.3 Å². The van der Waals surface area contributed by atoms with E-state index in [2.05, 4.69) is 46.4 Å². The van der Waals surface area contributed by atoms with Gasteiger partial charge in [0.25, 0.3) is 0 Å². The van der Waals surface area contributed by atoms with E-state index >= 15 is 0 Å². The van der Waals surface area contributed by atoms with Crippen LogP contribution in [0.1, 0.15) is 13.8 Å². The number of hydrogen-bond donors (Lipinski definition) is 0. The molecule has 4 heteroatoms. The van der Waals surface area contributed by atoms with Crippen LogP contribution in [0, 0.1) is 0 Å². The molecule has 0 radical (unpaired) electrons. The second-order valence-corrected chi connectivity index (χ2v) is 7.06. The van der Waals surface area contributed by atoms with Crippen molar-refractivity contribution in [1.29, 1.82) is 0 Å². The van der Waals surface area contributed by atoms with Gasteiger partial charge in [0.1, 0.15) is 12.4 Å². The molecule has 1 aliphatic heterocycles. The van der Waals surface area contributed by atoms with E-state index in [1.807, 2.05) is 24.3 Å². The van der Waals surface area contributed by atoms with Crippen LogP contribution in [0.25, 0.3) is 0 Å². The highest BCUT2D eigenvalue weighted by molar-refractivity contribution is 9.10. The minimum absolute atomic E-state index is 0.650. The minimum atomic E-state index is 0.650. The molecule has 18 heavy (non-hydrogen) atoms. The van der Waals surface area contributed by atoms with Gasteiger partial charge in [0, 0.05) is 34.6 Å². The van der Waals surface area contributed by atoms with E-state index in [9.17, 15) is 0 Å². The minimum Gasteiger partial charge on any atom is -0.492 e. The standard InChI is InChI=1S/C14H20BrNOS/c1-11-12(2)18-10-8-16(11)7-9-17-14-5-3-13(15)4-6-14/h3-6,11-12H,7-10H2,1-2H3. The van der Waals surface area contributed by atoms with E-state index in [0.717, 1.165) is 28.6 Å². The second-order valence-electron chi connectivity index (χ2n) is 4.65. The molecule has 2 rings (SSSR count). The van der Waals surface area contributed by atoms with Gasteiger partial charge in [0.2, 0.25) is 0 Å². The third-order valence-electron chi connectivity index (χ3n) is 3.48. The number of benzene rings is 1. The number of ether oxygens (including phenoxy) is 1. The molecule has 2 nitrogen and oxygen atoms in total. The zero-order valence-electron chi connectivity index (χ0n) is 10.9. The summed E-state index contributed by atoms with van der Waals surface area (Å²) in [7, 11) is 0. The Labute approximate surface area is 122 Å². The van der Waals surface area contributed by atoms with Crippen molar-refractivity contribution in [2.75, 3.05) is 25.4 Å². The number of hydrogen-bond acceptors (Lipinski definition) is 3. The molecule has 1 saturated heterocycles. The Hall–Kier alpha value is -0.190. The van der Waals surface area contributed by atoms with Crippen molar-refractivity contribution in [3.05, 3.63) is 28.7 Å². The fraction of sp³-hybridized carbons (Fsp3) is 0.571. The predicted molar refractivity (Wildman–Crippen MR) is 82.6 cm³/mol. The van der Waals surface area contributed by atoms with Gasteiger partial charge in [-0.15, -0.1) is 0 Å². The Morgan fingerprint density at radius 3 is 2.78 bits per heavy atom. The van der Waals surface area contributed by atoms with Crippen LogP contribution in [-0.4, -0.2) is 41.6 Å². The zero-order chi connectivity index (χ0) is 13.0. The van der Waals surface area contributed by atoms with Crippen LogP contribution < -0.4 is 4.74 Å². The van der Waals surface area contributed by atoms with Crippen molar-refractivity contribution >= 4 is 27.7 Å². The van der Waals surface area contributed by atoms with Crippen molar-refractivity contribution in [3.8, 4) is 5.75 Å². The van der Waals surface area contributed by atoms with E-state index in [1.54, 1.807) is 0 Å². The second kappa shape index (κ2) is 6.83. The number of halogens is 1. The van der Waals surface area contributed by atoms with Crippen molar-refractivity contribution in [3.63, 3.8) is 0 Å². The number of thioether (sulfide) groups is 1. The van der Waals surface area contributed by atoms with Crippen LogP contribution in [-0.2, 0) is 0 Å². The molecule has 100 valence electrons. The maximum absolute atomic E-state index is 5.78. The highest BCUT2D eigenvalue weighted by Crippen LogP contribution is 2.24. The fourth-order valence-electron chi connectivity index (χ4n) is 2.12. The summed E-state index contributed by atoms with van der Waals surface area (Å²) in [6.07, 6.45) is 0. The van der Waals surface area contributed by atoms with Gasteiger partial charge in [-0.3, -0.25) is 4.90 Å². The van der Waals surface area contributed by atoms with E-state index < -0.39 is 0 Å². The maximum atomic E-state index is 5.78. The van der Waals surface area contributed by atoms with Gasteiger partial charge in [0.15, 0.2) is 0 Å². The third kappa shape index (κ3) is 3.90. The molecule has 0 aliphatic carbocycles. The Morgan fingerprint density at radius 2 is 2.06 bits per heavy atom. The topological polar surface area (TPSA) is 12.5 Å². The summed E-state index contributed by atoms with van der Waals surface area (Å²) in [6.45, 7) is 7.60. The highest BCUT2D eigenvalue weighted by atomic mass is 79.9. The summed E-state index contributed by atoms with van der Waals surface area (Å²) in [4.78, 5) is 2.53. The molecule has 1 aromatic carbocycles. The molecule has 0 amide bonds. The summed E-state index contributed by atoms with van der Waals surface area (Å²) >= 11 is 5.50. The number of rotatable bonds is 4. The van der Waals surface area contributed by atoms with Gasteiger partial charge < -0.3 is 4.74 Å². The van der Waals surface area contributed by atoms with Crippen LogP contribution >= 0.6 is 27.7 Å². The summed E-state index contributed by atoms with van der Waals surface area (Å²) < 4.78 is 6.87. The van der Waals surface area contributed by atoms with Crippen LogP contribution in [0.4, 0.5) is 0 Å². The first kappa shape index (κ1) is 14.2. The zero-order valence-corrected chi connectivity index (χ0v) is 13.3. The lowest BCUT2D eigenvalue weighted by Gasteiger charge is -2.37. The Bertz CT molecular complexity index is 371. The largest absolute Gasteiger partial charge is 0.492 e. The molecule has 2 unspecified atom stereocenters. The lowest BCUT2D eigenvalue weighted by molar-refractivity contribution is 0.170. The molecule has 0 spiro atoms. The SMILES string of the molecule is CC1SCCN(CCOc2ccc(Br)cc2)C1C. The molecule has 2 atom stereocenters. The lowest BCUT2D eigenvalue weighted by atomic mass is 10.2. The third-order valence-corrected chi connectivity index (χ3v) is 5.34. The van der Waals surface area contributed by atoms with E-state index in [4.69, 9.17) is 4.74 Å². The van der Waals surface area contributed by atoms with Gasteiger partial charge >= 0.3 is 0 Å². The van der Waals surface area contributed by atoms with Crippen LogP contribution in [0.2, 0.25) is 0 Å². The molecular formula is C14H20BrNOS. The molecule has 1 heterocycles. The monoisotopic (exact) mass is 329 g/mol. The molecular weight excluding hydrogens is 310 g/mol. The van der Waals surface area contributed by atoms with Crippen LogP contribution in [0.15, 0.2) is 28.7 Å². The summed E-state index contributed by atoms with van der Waals surface area (Å²) in [5.41, 5.74) is 0. The average molecular weight is 330 g/mol. The predicted octanol–water partition coefficient (Wildman–Crippen LogP) is 3.65. The maximum Gasteiger partial charge on any atom is 0.119 e.